The fourth-order valence-corrected chi connectivity index (χ4v) is 3.35. The molecule has 1 aliphatic heterocycles. The van der Waals surface area contributed by atoms with Crippen molar-refractivity contribution in [1.82, 2.24) is 5.32 Å². The van der Waals surface area contributed by atoms with Crippen molar-refractivity contribution in [3.8, 4) is 0 Å². The molecule has 2 amide bonds. The van der Waals surface area contributed by atoms with Crippen molar-refractivity contribution < 1.29 is 14.0 Å². The zero-order chi connectivity index (χ0) is 15.1. The molecule has 0 saturated carbocycles. The highest BCUT2D eigenvalue weighted by Gasteiger charge is 2.32. The highest BCUT2D eigenvalue weighted by Crippen LogP contribution is 2.24. The van der Waals surface area contributed by atoms with Gasteiger partial charge in [0.15, 0.2) is 5.43 Å². The Balaban J connectivity index is 2.05. The monoisotopic (exact) mass is 303 g/mol. The molecule has 21 heavy (non-hydrogen) atoms. The van der Waals surface area contributed by atoms with Crippen LogP contribution in [0.1, 0.15) is 16.7 Å². The lowest BCUT2D eigenvalue weighted by molar-refractivity contribution is -0.118. The Labute approximate surface area is 124 Å². The lowest BCUT2D eigenvalue weighted by Gasteiger charge is -2.07. The van der Waals surface area contributed by atoms with E-state index in [4.69, 9.17) is 4.42 Å². The third kappa shape index (κ3) is 2.47. The molecule has 5 nitrogen and oxygen atoms in total. The van der Waals surface area contributed by atoms with Gasteiger partial charge in [0.25, 0.3) is 5.24 Å². The van der Waals surface area contributed by atoms with Gasteiger partial charge in [-0.25, -0.2) is 0 Å². The molecule has 0 aliphatic carbocycles. The van der Waals surface area contributed by atoms with Gasteiger partial charge in [-0.15, -0.1) is 0 Å². The molecule has 1 aromatic heterocycles. The normalized spacial score (nSPS) is 18.3. The van der Waals surface area contributed by atoms with E-state index in [0.29, 0.717) is 16.5 Å². The predicted molar refractivity (Wildman–Crippen MR) is 80.6 cm³/mol. The summed E-state index contributed by atoms with van der Waals surface area (Å²) in [5.74, 6) is -0.357. The van der Waals surface area contributed by atoms with Crippen LogP contribution in [0.4, 0.5) is 4.79 Å². The number of carbonyl (C=O) groups excluding carboxylic acids is 2. The van der Waals surface area contributed by atoms with Gasteiger partial charge in [-0.3, -0.25) is 19.7 Å². The van der Waals surface area contributed by atoms with Gasteiger partial charge in [-0.1, -0.05) is 17.8 Å². The summed E-state index contributed by atoms with van der Waals surface area (Å²) in [4.78, 5) is 35.3. The van der Waals surface area contributed by atoms with E-state index in [1.54, 1.807) is 6.07 Å². The lowest BCUT2D eigenvalue weighted by Crippen LogP contribution is -2.27. The minimum atomic E-state index is -0.566. The maximum atomic E-state index is 12.5. The van der Waals surface area contributed by atoms with Gasteiger partial charge >= 0.3 is 0 Å². The van der Waals surface area contributed by atoms with Crippen molar-refractivity contribution in [2.75, 3.05) is 0 Å². The van der Waals surface area contributed by atoms with Gasteiger partial charge in [0.2, 0.25) is 5.91 Å². The van der Waals surface area contributed by atoms with E-state index in [0.717, 1.165) is 22.9 Å². The van der Waals surface area contributed by atoms with Crippen LogP contribution in [-0.4, -0.2) is 16.4 Å². The highest BCUT2D eigenvalue weighted by atomic mass is 32.2. The molecule has 108 valence electrons. The number of aryl methyl sites for hydroxylation is 2. The number of thioether (sulfide) groups is 1. The number of rotatable bonds is 2. The van der Waals surface area contributed by atoms with Crippen LogP contribution in [0.3, 0.4) is 0 Å². The molecule has 6 heteroatoms. The predicted octanol–water partition coefficient (Wildman–Crippen LogP) is 2.30. The Kier molecular flexibility index (Phi) is 3.33. The Hall–Kier alpha value is -2.08. The average molecular weight is 303 g/mol. The topological polar surface area (TPSA) is 76.4 Å². The number of imide groups is 1. The maximum absolute atomic E-state index is 12.5. The maximum Gasteiger partial charge on any atom is 0.286 e. The second-order valence-corrected chi connectivity index (χ2v) is 6.31. The van der Waals surface area contributed by atoms with Crippen LogP contribution >= 0.6 is 11.8 Å². The van der Waals surface area contributed by atoms with Crippen molar-refractivity contribution in [2.45, 2.75) is 25.5 Å². The zero-order valence-corrected chi connectivity index (χ0v) is 12.4. The molecule has 1 saturated heterocycles. The first-order chi connectivity index (χ1) is 9.95. The smallest absolute Gasteiger partial charge is 0.286 e. The molecule has 0 spiro atoms. The van der Waals surface area contributed by atoms with Crippen molar-refractivity contribution in [3.63, 3.8) is 0 Å². The van der Waals surface area contributed by atoms with E-state index in [9.17, 15) is 14.4 Å². The zero-order valence-electron chi connectivity index (χ0n) is 11.6. The molecule has 0 bridgehead atoms. The largest absolute Gasteiger partial charge is 0.464 e. The molecule has 1 aliphatic rings. The quantitative estimate of drug-likeness (QED) is 0.921. The molecule has 0 radical (unpaired) electrons. The standard InChI is InChI=1S/C15H13NO4S/c1-7-3-8(2)13-10(4-7)12(17)9(6-20-13)5-11-14(18)16-15(19)21-11/h3-4,6,11H,5H2,1-2H3,(H,16,18,19). The molecule has 1 fully saturated rings. The molecular formula is C15H13NO4S. The van der Waals surface area contributed by atoms with Gasteiger partial charge in [0, 0.05) is 12.0 Å². The van der Waals surface area contributed by atoms with Gasteiger partial charge in [0.1, 0.15) is 5.58 Å². The van der Waals surface area contributed by atoms with Gasteiger partial charge in [0.05, 0.1) is 16.9 Å². The van der Waals surface area contributed by atoms with Crippen LogP contribution in [0.5, 0.6) is 0 Å². The molecule has 1 aromatic carbocycles. The van der Waals surface area contributed by atoms with Gasteiger partial charge in [-0.05, 0) is 31.0 Å². The summed E-state index contributed by atoms with van der Waals surface area (Å²) in [6, 6.07) is 3.73. The van der Waals surface area contributed by atoms with Crippen molar-refractivity contribution >= 4 is 33.9 Å². The van der Waals surface area contributed by atoms with Crippen molar-refractivity contribution in [1.29, 1.82) is 0 Å². The molecule has 1 atom stereocenters. The SMILES string of the molecule is Cc1cc(C)c2occ(CC3SC(=O)NC3=O)c(=O)c2c1. The third-order valence-corrected chi connectivity index (χ3v) is 4.43. The first kappa shape index (κ1) is 13.9. The summed E-state index contributed by atoms with van der Waals surface area (Å²) in [6.07, 6.45) is 1.58. The fourth-order valence-electron chi connectivity index (χ4n) is 2.50. The highest BCUT2D eigenvalue weighted by molar-refractivity contribution is 8.15. The number of carbonyl (C=O) groups is 2. The first-order valence-corrected chi connectivity index (χ1v) is 7.37. The lowest BCUT2D eigenvalue weighted by atomic mass is 10.0. The van der Waals surface area contributed by atoms with Crippen molar-refractivity contribution in [2.24, 2.45) is 0 Å². The van der Waals surface area contributed by atoms with Crippen molar-refractivity contribution in [3.05, 3.63) is 45.3 Å². The van der Waals surface area contributed by atoms with E-state index in [-0.39, 0.29) is 23.0 Å². The summed E-state index contributed by atoms with van der Waals surface area (Å²) in [5.41, 5.74) is 2.71. The number of amides is 2. The summed E-state index contributed by atoms with van der Waals surface area (Å²) < 4.78 is 5.56. The van der Waals surface area contributed by atoms with Crippen LogP contribution in [0.2, 0.25) is 0 Å². The second-order valence-electron chi connectivity index (χ2n) is 5.14. The fraction of sp³-hybridized carbons (Fsp3) is 0.267. The number of fused-ring (bicyclic) bond motifs is 1. The second kappa shape index (κ2) is 5.04. The molecule has 1 unspecified atom stereocenters. The summed E-state index contributed by atoms with van der Waals surface area (Å²) >= 11 is 0.909. The Morgan fingerprint density at radius 1 is 1.24 bits per heavy atom. The molecule has 3 rings (SSSR count). The Bertz CT molecular complexity index is 824. The number of hydrogen-bond donors (Lipinski definition) is 1. The number of benzene rings is 1. The number of hydrogen-bond acceptors (Lipinski definition) is 5. The van der Waals surface area contributed by atoms with E-state index >= 15 is 0 Å². The summed E-state index contributed by atoms with van der Waals surface area (Å²) in [7, 11) is 0. The van der Waals surface area contributed by atoms with Crippen LogP contribution in [-0.2, 0) is 11.2 Å². The molecule has 2 aromatic rings. The van der Waals surface area contributed by atoms with Gasteiger partial charge in [-0.2, -0.15) is 0 Å². The number of nitrogens with one attached hydrogen (secondary N) is 1. The average Bonchev–Trinajstić information content (AvgIpc) is 2.72. The first-order valence-electron chi connectivity index (χ1n) is 6.49. The van der Waals surface area contributed by atoms with E-state index in [1.165, 1.54) is 6.26 Å². The molecule has 1 N–H and O–H groups in total. The van der Waals surface area contributed by atoms with Crippen LogP contribution in [0.25, 0.3) is 11.0 Å². The molecular weight excluding hydrogens is 290 g/mol. The molecule has 2 heterocycles. The third-order valence-electron chi connectivity index (χ3n) is 3.45. The minimum Gasteiger partial charge on any atom is -0.464 e. The Morgan fingerprint density at radius 3 is 2.67 bits per heavy atom. The van der Waals surface area contributed by atoms with Crippen LogP contribution < -0.4 is 10.7 Å². The minimum absolute atomic E-state index is 0.143. The van der Waals surface area contributed by atoms with E-state index in [2.05, 4.69) is 5.32 Å². The van der Waals surface area contributed by atoms with Gasteiger partial charge < -0.3 is 4.42 Å². The van der Waals surface area contributed by atoms with Crippen LogP contribution in [0, 0.1) is 13.8 Å². The van der Waals surface area contributed by atoms with E-state index < -0.39 is 5.25 Å². The Morgan fingerprint density at radius 2 is 2.00 bits per heavy atom. The summed E-state index contributed by atoms with van der Waals surface area (Å²) in [5, 5.41) is 1.79. The van der Waals surface area contributed by atoms with E-state index in [1.807, 2.05) is 19.9 Å². The summed E-state index contributed by atoms with van der Waals surface area (Å²) in [6.45, 7) is 3.80. The van der Waals surface area contributed by atoms with Crippen LogP contribution in [0.15, 0.2) is 27.6 Å².